The number of fused-ring (bicyclic) bond motifs is 4. The van der Waals surface area contributed by atoms with Gasteiger partial charge in [-0.1, -0.05) is 54.6 Å². The summed E-state index contributed by atoms with van der Waals surface area (Å²) in [5.74, 6) is 6.06. The number of benzene rings is 2. The van der Waals surface area contributed by atoms with Gasteiger partial charge in [0, 0.05) is 21.7 Å². The van der Waals surface area contributed by atoms with Gasteiger partial charge in [-0.25, -0.2) is 10.8 Å². The lowest BCUT2D eigenvalue weighted by Gasteiger charge is -2.09. The second kappa shape index (κ2) is 5.62. The number of aromatic nitrogens is 3. The molecule has 0 unspecified atom stereocenters. The van der Waals surface area contributed by atoms with Crippen LogP contribution in [0.15, 0.2) is 64.8 Å². The third-order valence-corrected chi connectivity index (χ3v) is 5.30. The van der Waals surface area contributed by atoms with E-state index in [-0.39, 0.29) is 5.56 Å². The van der Waals surface area contributed by atoms with E-state index < -0.39 is 0 Å². The highest BCUT2D eigenvalue weighted by molar-refractivity contribution is 7.17. The van der Waals surface area contributed by atoms with E-state index in [9.17, 15) is 4.79 Å². The first-order valence-electron chi connectivity index (χ1n) is 8.03. The number of nitrogens with zero attached hydrogens (tertiary/aromatic N) is 3. The van der Waals surface area contributed by atoms with E-state index in [2.05, 4.69) is 10.5 Å². The minimum Gasteiger partial charge on any atom is -0.307 e. The van der Waals surface area contributed by atoms with E-state index in [1.165, 1.54) is 15.9 Å². The molecule has 3 aromatic heterocycles. The minimum atomic E-state index is -0.202. The summed E-state index contributed by atoms with van der Waals surface area (Å²) in [5.41, 5.74) is 4.76. The van der Waals surface area contributed by atoms with Crippen LogP contribution in [0.4, 0.5) is 5.82 Å². The number of nitrogen functional groups attached to an aromatic ring is 1. The molecule has 5 rings (SSSR count). The van der Waals surface area contributed by atoms with Gasteiger partial charge in [0.05, 0.1) is 5.39 Å². The van der Waals surface area contributed by atoms with Crippen molar-refractivity contribution in [1.29, 1.82) is 0 Å². The van der Waals surface area contributed by atoms with Crippen molar-refractivity contribution in [3.8, 4) is 11.1 Å². The Hall–Kier alpha value is -3.29. The molecule has 0 bridgehead atoms. The van der Waals surface area contributed by atoms with Gasteiger partial charge in [-0.3, -0.25) is 4.79 Å². The summed E-state index contributed by atoms with van der Waals surface area (Å²) < 4.78 is 1.33. The molecule has 0 aliphatic rings. The maximum atomic E-state index is 13.3. The second-order valence-electron chi connectivity index (χ2n) is 5.89. The van der Waals surface area contributed by atoms with Crippen molar-refractivity contribution < 1.29 is 0 Å². The third-order valence-electron chi connectivity index (χ3n) is 4.43. The number of hydrogen-bond donors (Lipinski definition) is 2. The first-order chi connectivity index (χ1) is 12.8. The maximum absolute atomic E-state index is 13.3. The fraction of sp³-hybridized carbons (Fsp3) is 0. The third kappa shape index (κ3) is 2.05. The number of hydrogen-bond acceptors (Lipinski definition) is 6. The largest absolute Gasteiger partial charge is 0.307 e. The molecule has 0 amide bonds. The van der Waals surface area contributed by atoms with Crippen molar-refractivity contribution in [1.82, 2.24) is 14.6 Å². The number of anilines is 1. The number of rotatable bonds is 2. The van der Waals surface area contributed by atoms with Crippen LogP contribution < -0.4 is 16.8 Å². The molecule has 26 heavy (non-hydrogen) atoms. The van der Waals surface area contributed by atoms with Crippen molar-refractivity contribution in [3.05, 3.63) is 70.3 Å². The van der Waals surface area contributed by atoms with Gasteiger partial charge in [-0.2, -0.15) is 4.52 Å². The van der Waals surface area contributed by atoms with Crippen LogP contribution in [0, 0.1) is 0 Å². The maximum Gasteiger partial charge on any atom is 0.283 e. The molecule has 0 aliphatic heterocycles. The lowest BCUT2D eigenvalue weighted by Crippen LogP contribution is -2.21. The average Bonchev–Trinajstić information content (AvgIpc) is 3.13. The average molecular weight is 359 g/mol. The van der Waals surface area contributed by atoms with Crippen LogP contribution in [0.2, 0.25) is 0 Å². The zero-order valence-corrected chi connectivity index (χ0v) is 14.3. The highest BCUT2D eigenvalue weighted by Crippen LogP contribution is 2.32. The van der Waals surface area contributed by atoms with Crippen LogP contribution in [0.5, 0.6) is 0 Å². The summed E-state index contributed by atoms with van der Waals surface area (Å²) in [6.45, 7) is 0. The second-order valence-corrected chi connectivity index (χ2v) is 6.74. The Bertz CT molecular complexity index is 1340. The van der Waals surface area contributed by atoms with Gasteiger partial charge in [-0.15, -0.1) is 16.4 Å². The van der Waals surface area contributed by atoms with Crippen LogP contribution in [-0.2, 0) is 0 Å². The molecule has 0 atom stereocenters. The SMILES string of the molecule is NNc1nn2c(=O)c3c(-c4ccccc4)csc3nc2c2ccccc12. The molecule has 3 N–H and O–H groups in total. The molecule has 0 aliphatic carbocycles. The summed E-state index contributed by atoms with van der Waals surface area (Å²) in [7, 11) is 0. The summed E-state index contributed by atoms with van der Waals surface area (Å²) >= 11 is 1.46. The Morgan fingerprint density at radius 2 is 1.73 bits per heavy atom. The lowest BCUT2D eigenvalue weighted by molar-refractivity contribution is 0.893. The number of thiophene rings is 1. The van der Waals surface area contributed by atoms with E-state index in [1.54, 1.807) is 0 Å². The van der Waals surface area contributed by atoms with Gasteiger partial charge in [-0.05, 0) is 5.56 Å². The summed E-state index contributed by atoms with van der Waals surface area (Å²) in [6.07, 6.45) is 0. The standard InChI is InChI=1S/C19H13N5OS/c20-22-16-12-8-4-5-9-13(12)17-21-18-15(19(25)24(17)23-16)14(10-26-18)11-6-2-1-3-7-11/h1-10H,20H2,(H,22,23). The molecular weight excluding hydrogens is 346 g/mol. The monoisotopic (exact) mass is 359 g/mol. The van der Waals surface area contributed by atoms with E-state index in [4.69, 9.17) is 10.8 Å². The van der Waals surface area contributed by atoms with E-state index in [1.807, 2.05) is 60.0 Å². The highest BCUT2D eigenvalue weighted by Gasteiger charge is 2.17. The van der Waals surface area contributed by atoms with Gasteiger partial charge < -0.3 is 5.43 Å². The van der Waals surface area contributed by atoms with Crippen molar-refractivity contribution in [2.75, 3.05) is 5.43 Å². The molecule has 2 aromatic carbocycles. The summed E-state index contributed by atoms with van der Waals surface area (Å²) in [5, 5.41) is 8.58. The highest BCUT2D eigenvalue weighted by atomic mass is 32.1. The van der Waals surface area contributed by atoms with Crippen molar-refractivity contribution in [3.63, 3.8) is 0 Å². The number of nitrogens with two attached hydrogens (primary N) is 1. The Labute approximate surface area is 151 Å². The molecule has 7 heteroatoms. The molecule has 3 heterocycles. The minimum absolute atomic E-state index is 0.202. The van der Waals surface area contributed by atoms with Crippen molar-refractivity contribution in [2.24, 2.45) is 5.84 Å². The Morgan fingerprint density at radius 3 is 2.50 bits per heavy atom. The molecular formula is C19H13N5OS. The smallest absolute Gasteiger partial charge is 0.283 e. The topological polar surface area (TPSA) is 85.3 Å². The Kier molecular flexibility index (Phi) is 3.24. The van der Waals surface area contributed by atoms with Gasteiger partial charge in [0.2, 0.25) is 0 Å². The fourth-order valence-electron chi connectivity index (χ4n) is 3.22. The Morgan fingerprint density at radius 1 is 1.00 bits per heavy atom. The zero-order chi connectivity index (χ0) is 17.7. The van der Waals surface area contributed by atoms with Crippen LogP contribution in [0.25, 0.3) is 37.8 Å². The molecule has 6 nitrogen and oxygen atoms in total. The van der Waals surface area contributed by atoms with Crippen molar-refractivity contribution in [2.45, 2.75) is 0 Å². The van der Waals surface area contributed by atoms with Crippen LogP contribution in [0.3, 0.4) is 0 Å². The lowest BCUT2D eigenvalue weighted by atomic mass is 10.1. The molecule has 0 radical (unpaired) electrons. The van der Waals surface area contributed by atoms with E-state index in [0.29, 0.717) is 21.7 Å². The molecule has 5 aromatic rings. The van der Waals surface area contributed by atoms with Crippen LogP contribution in [-0.4, -0.2) is 14.6 Å². The van der Waals surface area contributed by atoms with Gasteiger partial charge >= 0.3 is 0 Å². The number of hydrazine groups is 1. The molecule has 0 saturated carbocycles. The van der Waals surface area contributed by atoms with Crippen molar-refractivity contribution >= 4 is 43.8 Å². The molecule has 0 saturated heterocycles. The summed E-state index contributed by atoms with van der Waals surface area (Å²) in [4.78, 5) is 18.7. The predicted octanol–water partition coefficient (Wildman–Crippen LogP) is 3.41. The normalized spacial score (nSPS) is 11.4. The number of nitrogens with one attached hydrogen (secondary N) is 1. The van der Waals surface area contributed by atoms with E-state index >= 15 is 0 Å². The van der Waals surface area contributed by atoms with E-state index in [0.717, 1.165) is 21.9 Å². The van der Waals surface area contributed by atoms with Gasteiger partial charge in [0.25, 0.3) is 5.56 Å². The van der Waals surface area contributed by atoms with Gasteiger partial charge in [0.15, 0.2) is 11.5 Å². The molecule has 0 spiro atoms. The van der Waals surface area contributed by atoms with Crippen LogP contribution in [0.1, 0.15) is 0 Å². The fourth-order valence-corrected chi connectivity index (χ4v) is 4.16. The molecule has 126 valence electrons. The zero-order valence-electron chi connectivity index (χ0n) is 13.5. The van der Waals surface area contributed by atoms with Crippen LogP contribution >= 0.6 is 11.3 Å². The quantitative estimate of drug-likeness (QED) is 0.287. The summed E-state index contributed by atoms with van der Waals surface area (Å²) in [6, 6.07) is 17.4. The first kappa shape index (κ1) is 15.0. The first-order valence-corrected chi connectivity index (χ1v) is 8.91. The predicted molar refractivity (Wildman–Crippen MR) is 105 cm³/mol. The molecule has 0 fully saturated rings. The Balaban J connectivity index is 1.96. The van der Waals surface area contributed by atoms with Gasteiger partial charge in [0.1, 0.15) is 4.83 Å².